The van der Waals surface area contributed by atoms with E-state index in [-0.39, 0.29) is 38.5 Å². The largest absolute Gasteiger partial charge is 0.492 e. The number of rotatable bonds is 12. The van der Waals surface area contributed by atoms with Gasteiger partial charge >= 0.3 is 0 Å². The summed E-state index contributed by atoms with van der Waals surface area (Å²) in [4.78, 5) is 14.0. The van der Waals surface area contributed by atoms with Crippen molar-refractivity contribution >= 4 is 78.0 Å². The van der Waals surface area contributed by atoms with Gasteiger partial charge in [0, 0.05) is 15.6 Å². The Morgan fingerprint density at radius 1 is 0.884 bits per heavy atom. The van der Waals surface area contributed by atoms with Crippen molar-refractivity contribution in [1.29, 1.82) is 0 Å². The van der Waals surface area contributed by atoms with Crippen LogP contribution in [0.4, 0.5) is 17.1 Å². The minimum absolute atomic E-state index is 0.00671. The van der Waals surface area contributed by atoms with E-state index in [1.165, 1.54) is 66.4 Å². The molecule has 1 amide bonds. The summed E-state index contributed by atoms with van der Waals surface area (Å²) in [6, 6.07) is 22.6. The molecule has 14 heteroatoms. The number of halogens is 2. The van der Waals surface area contributed by atoms with E-state index in [1.54, 1.807) is 43.3 Å². The highest BCUT2D eigenvalue weighted by atomic mass is 35.5. The number of thioether (sulfide) groups is 1. The lowest BCUT2D eigenvalue weighted by Crippen LogP contribution is -2.38. The standard InChI is InChI=1S/C29H27Cl2N3O6S3/c1-3-40-28-7-5-4-6-27(28)34(43(38,39)24-15-11-22(41-2)12-16-24)19-29(35)32-21-9-13-23(14-10-21)42(36,37)33-26-17-8-20(30)18-25(26)31/h4-18,33H,3,19H2,1-2H3,(H,32,35). The van der Waals surface area contributed by atoms with E-state index in [4.69, 9.17) is 27.9 Å². The Labute approximate surface area is 265 Å². The molecule has 0 fully saturated rings. The molecule has 4 rings (SSSR count). The maximum Gasteiger partial charge on any atom is 0.264 e. The van der Waals surface area contributed by atoms with Crippen LogP contribution >= 0.6 is 35.0 Å². The third-order valence-electron chi connectivity index (χ3n) is 5.99. The van der Waals surface area contributed by atoms with Crippen LogP contribution in [0, 0.1) is 0 Å². The lowest BCUT2D eigenvalue weighted by molar-refractivity contribution is -0.114. The second kappa shape index (κ2) is 13.9. The highest BCUT2D eigenvalue weighted by Crippen LogP contribution is 2.33. The predicted octanol–water partition coefficient (Wildman–Crippen LogP) is 6.75. The number of hydrogen-bond acceptors (Lipinski definition) is 7. The van der Waals surface area contributed by atoms with Gasteiger partial charge in [0.15, 0.2) is 0 Å². The molecule has 4 aromatic rings. The van der Waals surface area contributed by atoms with Crippen LogP contribution < -0.4 is 19.1 Å². The molecule has 0 aromatic heterocycles. The first-order chi connectivity index (χ1) is 20.4. The van der Waals surface area contributed by atoms with Crippen molar-refractivity contribution in [2.75, 3.05) is 33.8 Å². The summed E-state index contributed by atoms with van der Waals surface area (Å²) in [5, 5.41) is 3.12. The molecule has 4 aromatic carbocycles. The van der Waals surface area contributed by atoms with E-state index in [9.17, 15) is 21.6 Å². The molecule has 0 bridgehead atoms. The first-order valence-electron chi connectivity index (χ1n) is 12.7. The van der Waals surface area contributed by atoms with Gasteiger partial charge in [-0.25, -0.2) is 16.8 Å². The highest BCUT2D eigenvalue weighted by molar-refractivity contribution is 7.98. The van der Waals surface area contributed by atoms with Gasteiger partial charge in [-0.1, -0.05) is 35.3 Å². The van der Waals surface area contributed by atoms with Gasteiger partial charge in [0.25, 0.3) is 20.0 Å². The molecule has 0 unspecified atom stereocenters. The Kier molecular flexibility index (Phi) is 10.5. The van der Waals surface area contributed by atoms with Crippen molar-refractivity contribution in [1.82, 2.24) is 0 Å². The van der Waals surface area contributed by atoms with Gasteiger partial charge in [0.1, 0.15) is 12.3 Å². The summed E-state index contributed by atoms with van der Waals surface area (Å²) in [7, 11) is -8.20. The lowest BCUT2D eigenvalue weighted by atomic mass is 10.3. The summed E-state index contributed by atoms with van der Waals surface area (Å²) in [5.41, 5.74) is 0.607. The number of carbonyl (C=O) groups is 1. The van der Waals surface area contributed by atoms with Gasteiger partial charge in [-0.15, -0.1) is 11.8 Å². The summed E-state index contributed by atoms with van der Waals surface area (Å²) < 4.78 is 62.4. The lowest BCUT2D eigenvalue weighted by Gasteiger charge is -2.26. The number of carbonyl (C=O) groups excluding carboxylic acids is 1. The van der Waals surface area contributed by atoms with Crippen LogP contribution in [-0.2, 0) is 24.8 Å². The number of sulfonamides is 2. The topological polar surface area (TPSA) is 122 Å². The summed E-state index contributed by atoms with van der Waals surface area (Å²) in [6.07, 6.45) is 1.88. The number of nitrogens with one attached hydrogen (secondary N) is 2. The average molecular weight is 681 g/mol. The van der Waals surface area contributed by atoms with Gasteiger partial charge in [-0.05, 0) is 92.0 Å². The highest BCUT2D eigenvalue weighted by Gasteiger charge is 2.29. The minimum atomic E-state index is -4.19. The Morgan fingerprint density at radius 3 is 2.16 bits per heavy atom. The average Bonchev–Trinajstić information content (AvgIpc) is 2.98. The number of nitrogens with zero attached hydrogens (tertiary/aromatic N) is 1. The van der Waals surface area contributed by atoms with Crippen molar-refractivity contribution in [2.45, 2.75) is 21.6 Å². The van der Waals surface area contributed by atoms with Crippen LogP contribution in [0.1, 0.15) is 6.92 Å². The molecule has 9 nitrogen and oxygen atoms in total. The third kappa shape index (κ3) is 7.95. The molecule has 2 N–H and O–H groups in total. The summed E-state index contributed by atoms with van der Waals surface area (Å²) >= 11 is 13.4. The zero-order chi connectivity index (χ0) is 31.2. The third-order valence-corrected chi connectivity index (χ3v) is 10.4. The second-order valence-electron chi connectivity index (χ2n) is 8.89. The van der Waals surface area contributed by atoms with E-state index in [1.807, 2.05) is 6.26 Å². The SMILES string of the molecule is CCOc1ccccc1N(CC(=O)Nc1ccc(S(=O)(=O)Nc2ccc(Cl)cc2Cl)cc1)S(=O)(=O)c1ccc(SC)cc1. The van der Waals surface area contributed by atoms with E-state index in [2.05, 4.69) is 10.0 Å². The monoisotopic (exact) mass is 679 g/mol. The number of ether oxygens (including phenoxy) is 1. The Balaban J connectivity index is 1.57. The molecule has 0 atom stereocenters. The van der Waals surface area contributed by atoms with E-state index in [0.717, 1.165) is 9.20 Å². The van der Waals surface area contributed by atoms with Crippen molar-refractivity contribution in [3.05, 3.63) is 101 Å². The van der Waals surface area contributed by atoms with Crippen LogP contribution in [0.15, 0.2) is 106 Å². The van der Waals surface area contributed by atoms with E-state index < -0.39 is 32.5 Å². The van der Waals surface area contributed by atoms with Gasteiger partial charge in [-0.2, -0.15) is 0 Å². The van der Waals surface area contributed by atoms with Crippen LogP contribution in [-0.4, -0.2) is 42.2 Å². The number of anilines is 3. The molecule has 43 heavy (non-hydrogen) atoms. The summed E-state index contributed by atoms with van der Waals surface area (Å²) in [5.74, 6) is -0.359. The number of hydrogen-bond donors (Lipinski definition) is 2. The van der Waals surface area contributed by atoms with Crippen LogP contribution in [0.25, 0.3) is 0 Å². The zero-order valence-electron chi connectivity index (χ0n) is 23.0. The molecule has 0 radical (unpaired) electrons. The zero-order valence-corrected chi connectivity index (χ0v) is 26.9. The molecule has 0 aliphatic rings. The van der Waals surface area contributed by atoms with Crippen LogP contribution in [0.2, 0.25) is 10.0 Å². The van der Waals surface area contributed by atoms with Gasteiger partial charge in [0.2, 0.25) is 5.91 Å². The minimum Gasteiger partial charge on any atom is -0.492 e. The van der Waals surface area contributed by atoms with Gasteiger partial charge in [-0.3, -0.25) is 13.8 Å². The van der Waals surface area contributed by atoms with Crippen molar-refractivity contribution in [3.63, 3.8) is 0 Å². The first kappa shape index (κ1) is 32.5. The molecule has 226 valence electrons. The van der Waals surface area contributed by atoms with E-state index in [0.29, 0.717) is 10.8 Å². The Morgan fingerprint density at radius 2 is 1.53 bits per heavy atom. The molecule has 0 aliphatic heterocycles. The van der Waals surface area contributed by atoms with Crippen LogP contribution in [0.3, 0.4) is 0 Å². The Hall–Kier alpha value is -3.42. The summed E-state index contributed by atoms with van der Waals surface area (Å²) in [6.45, 7) is 1.48. The number of amides is 1. The quantitative estimate of drug-likeness (QED) is 0.159. The fourth-order valence-electron chi connectivity index (χ4n) is 3.94. The molecule has 0 aliphatic carbocycles. The van der Waals surface area contributed by atoms with Crippen LogP contribution in [0.5, 0.6) is 5.75 Å². The normalized spacial score (nSPS) is 11.5. The molecule has 0 saturated heterocycles. The van der Waals surface area contributed by atoms with Gasteiger partial charge < -0.3 is 10.1 Å². The molecule has 0 saturated carbocycles. The van der Waals surface area contributed by atoms with Crippen molar-refractivity contribution in [3.8, 4) is 5.75 Å². The molecular formula is C29H27Cl2N3O6S3. The van der Waals surface area contributed by atoms with E-state index >= 15 is 0 Å². The number of benzene rings is 4. The predicted molar refractivity (Wildman–Crippen MR) is 173 cm³/mol. The fraction of sp³-hybridized carbons (Fsp3) is 0.138. The maximum absolute atomic E-state index is 13.8. The number of para-hydroxylation sites is 2. The van der Waals surface area contributed by atoms with Gasteiger partial charge in [0.05, 0.1) is 32.8 Å². The van der Waals surface area contributed by atoms with Crippen molar-refractivity contribution < 1.29 is 26.4 Å². The molecule has 0 spiro atoms. The first-order valence-corrected chi connectivity index (χ1v) is 17.6. The maximum atomic E-state index is 13.8. The second-order valence-corrected chi connectivity index (χ2v) is 14.2. The fourth-order valence-corrected chi connectivity index (χ4v) is 7.37. The Bertz CT molecular complexity index is 1820. The smallest absolute Gasteiger partial charge is 0.264 e. The molecular weight excluding hydrogens is 653 g/mol. The molecule has 0 heterocycles. The van der Waals surface area contributed by atoms with Crippen molar-refractivity contribution in [2.24, 2.45) is 0 Å².